The van der Waals surface area contributed by atoms with Gasteiger partial charge in [-0.15, -0.1) is 0 Å². The van der Waals surface area contributed by atoms with Crippen molar-refractivity contribution in [2.75, 3.05) is 6.54 Å². The molecule has 0 bridgehead atoms. The average molecular weight is 100 g/mol. The average Bonchev–Trinajstić information content (AvgIpc) is 1.69. The molecular weight excluding hydrogens is 92.1 g/mol. The number of hydrogen-bond donors (Lipinski definition) is 1. The summed E-state index contributed by atoms with van der Waals surface area (Å²) in [5.74, 6) is 0. The maximum absolute atomic E-state index is 6.15. The van der Waals surface area contributed by atoms with Gasteiger partial charge in [-0.2, -0.15) is 10.6 Å². The highest BCUT2D eigenvalue weighted by Crippen LogP contribution is 1.78. The van der Waals surface area contributed by atoms with Crippen molar-refractivity contribution in [3.8, 4) is 0 Å². The lowest BCUT2D eigenvalue weighted by Gasteiger charge is -1.75. The van der Waals surface area contributed by atoms with Crippen LogP contribution in [0.5, 0.6) is 0 Å². The van der Waals surface area contributed by atoms with Gasteiger partial charge in [0.2, 0.25) is 0 Å². The zero-order valence-corrected chi connectivity index (χ0v) is 4.26. The fourth-order valence-corrected chi connectivity index (χ4v) is 0.176. The van der Waals surface area contributed by atoms with Crippen molar-refractivity contribution in [3.05, 3.63) is 0 Å². The minimum absolute atomic E-state index is 0.669. The monoisotopic (exact) mass is 100 g/mol. The molecule has 0 amide bonds. The van der Waals surface area contributed by atoms with Crippen molar-refractivity contribution in [3.63, 3.8) is 0 Å². The Labute approximate surface area is 42.1 Å². The van der Waals surface area contributed by atoms with Crippen LogP contribution >= 0.6 is 0 Å². The zero-order chi connectivity index (χ0) is 5.54. The molecule has 7 heavy (non-hydrogen) atoms. The number of nitrogens with one attached hydrogen (secondary N) is 1. The van der Waals surface area contributed by atoms with Gasteiger partial charge in [0.25, 0.3) is 0 Å². The summed E-state index contributed by atoms with van der Waals surface area (Å²) in [4.78, 5) is 0. The second-order valence-corrected chi connectivity index (χ2v) is 1.05. The first kappa shape index (κ1) is 6.20. The highest BCUT2D eigenvalue weighted by molar-refractivity contribution is 4.28. The molecular formula is C3H8N4. The maximum Gasteiger partial charge on any atom is 0.0619 e. The number of hydrogen-bond acceptors (Lipinski definition) is 2. The van der Waals surface area contributed by atoms with E-state index in [4.69, 9.17) is 5.53 Å². The van der Waals surface area contributed by atoms with E-state index in [0.717, 1.165) is 6.42 Å². The van der Waals surface area contributed by atoms with E-state index in [9.17, 15) is 0 Å². The van der Waals surface area contributed by atoms with Crippen molar-refractivity contribution < 1.29 is 0 Å². The molecule has 0 saturated carbocycles. The molecule has 40 valence electrons. The molecule has 0 heterocycles. The van der Waals surface area contributed by atoms with Crippen LogP contribution in [0.15, 0.2) is 15.6 Å². The fraction of sp³-hybridized carbons (Fsp3) is 1.00. The SMILES string of the molecule is CCCN=NN=N. The summed E-state index contributed by atoms with van der Waals surface area (Å²) in [6.07, 6.45) is 0.957. The molecule has 0 unspecified atom stereocenters. The molecule has 0 rings (SSSR count). The second kappa shape index (κ2) is 5.20. The van der Waals surface area contributed by atoms with Crippen molar-refractivity contribution in [1.29, 1.82) is 5.53 Å². The van der Waals surface area contributed by atoms with Crippen LogP contribution in [0.1, 0.15) is 13.3 Å². The molecule has 0 atom stereocenters. The smallest absolute Gasteiger partial charge is 0.0619 e. The van der Waals surface area contributed by atoms with E-state index in [1.54, 1.807) is 0 Å². The first-order chi connectivity index (χ1) is 3.41. The van der Waals surface area contributed by atoms with Crippen LogP contribution in [0.2, 0.25) is 0 Å². The van der Waals surface area contributed by atoms with Gasteiger partial charge in [-0.1, -0.05) is 6.92 Å². The Morgan fingerprint density at radius 1 is 1.57 bits per heavy atom. The van der Waals surface area contributed by atoms with E-state index in [1.807, 2.05) is 6.92 Å². The summed E-state index contributed by atoms with van der Waals surface area (Å²) in [5.41, 5.74) is 6.15. The summed E-state index contributed by atoms with van der Waals surface area (Å²) in [5, 5.41) is 9.24. The molecule has 1 N–H and O–H groups in total. The molecule has 0 spiro atoms. The van der Waals surface area contributed by atoms with Gasteiger partial charge in [0.05, 0.1) is 6.54 Å². The van der Waals surface area contributed by atoms with E-state index in [-0.39, 0.29) is 0 Å². The van der Waals surface area contributed by atoms with Crippen LogP contribution in [-0.2, 0) is 0 Å². The predicted octanol–water partition coefficient (Wildman–Crippen LogP) is 1.79. The lowest BCUT2D eigenvalue weighted by atomic mass is 10.5. The fourth-order valence-electron chi connectivity index (χ4n) is 0.176. The Morgan fingerprint density at radius 3 is 2.71 bits per heavy atom. The van der Waals surface area contributed by atoms with Gasteiger partial charge in [0, 0.05) is 0 Å². The Morgan fingerprint density at radius 2 is 2.29 bits per heavy atom. The molecule has 0 aliphatic heterocycles. The van der Waals surface area contributed by atoms with Crippen LogP contribution in [0.4, 0.5) is 0 Å². The molecule has 0 aliphatic carbocycles. The highest BCUT2D eigenvalue weighted by atomic mass is 15.4. The molecule has 0 aliphatic rings. The van der Waals surface area contributed by atoms with Gasteiger partial charge in [-0.05, 0) is 16.9 Å². The van der Waals surface area contributed by atoms with E-state index in [0.29, 0.717) is 6.54 Å². The molecule has 0 aromatic carbocycles. The summed E-state index contributed by atoms with van der Waals surface area (Å²) in [6.45, 7) is 2.66. The lowest BCUT2D eigenvalue weighted by molar-refractivity contribution is 0.799. The van der Waals surface area contributed by atoms with Crippen LogP contribution in [0.3, 0.4) is 0 Å². The van der Waals surface area contributed by atoms with Crippen molar-refractivity contribution >= 4 is 0 Å². The number of nitrogens with zero attached hydrogens (tertiary/aromatic N) is 3. The summed E-state index contributed by atoms with van der Waals surface area (Å²) < 4.78 is 0. The van der Waals surface area contributed by atoms with Gasteiger partial charge < -0.3 is 0 Å². The maximum atomic E-state index is 6.15. The van der Waals surface area contributed by atoms with Gasteiger partial charge in [-0.3, -0.25) is 0 Å². The van der Waals surface area contributed by atoms with Crippen molar-refractivity contribution in [1.82, 2.24) is 0 Å². The van der Waals surface area contributed by atoms with Crippen LogP contribution < -0.4 is 0 Å². The zero-order valence-electron chi connectivity index (χ0n) is 4.26. The van der Waals surface area contributed by atoms with E-state index >= 15 is 0 Å². The quantitative estimate of drug-likeness (QED) is 0.415. The molecule has 0 aromatic rings. The van der Waals surface area contributed by atoms with Crippen LogP contribution in [-0.4, -0.2) is 6.54 Å². The minimum atomic E-state index is 0.669. The molecule has 0 aromatic heterocycles. The first-order valence-corrected chi connectivity index (χ1v) is 2.15. The molecule has 4 nitrogen and oxygen atoms in total. The summed E-state index contributed by atoms with van der Waals surface area (Å²) in [7, 11) is 0. The van der Waals surface area contributed by atoms with Gasteiger partial charge >= 0.3 is 0 Å². The molecule has 0 fully saturated rings. The summed E-state index contributed by atoms with van der Waals surface area (Å²) in [6, 6.07) is 0. The third-order valence-corrected chi connectivity index (χ3v) is 0.432. The Hall–Kier alpha value is -0.800. The standard InChI is InChI=1S/C3H8N4/c1-2-3-5-7-6-4/h4H,2-3H2,1H3. The third-order valence-electron chi connectivity index (χ3n) is 0.432. The van der Waals surface area contributed by atoms with Crippen molar-refractivity contribution in [2.45, 2.75) is 13.3 Å². The third kappa shape index (κ3) is 5.20. The molecule has 0 radical (unpaired) electrons. The molecule has 4 heteroatoms. The highest BCUT2D eigenvalue weighted by Gasteiger charge is 1.68. The minimum Gasteiger partial charge on any atom is -0.183 e. The normalized spacial score (nSPS) is 9.86. The lowest BCUT2D eigenvalue weighted by Crippen LogP contribution is -1.68. The van der Waals surface area contributed by atoms with Gasteiger partial charge in [0.1, 0.15) is 0 Å². The van der Waals surface area contributed by atoms with Crippen molar-refractivity contribution in [2.24, 2.45) is 15.6 Å². The first-order valence-electron chi connectivity index (χ1n) is 2.15. The van der Waals surface area contributed by atoms with E-state index < -0.39 is 0 Å². The second-order valence-electron chi connectivity index (χ2n) is 1.05. The van der Waals surface area contributed by atoms with Crippen LogP contribution in [0.25, 0.3) is 0 Å². The Bertz CT molecular complexity index is 67.3. The topological polar surface area (TPSA) is 60.9 Å². The Kier molecular flexibility index (Phi) is 4.61. The largest absolute Gasteiger partial charge is 0.183 e. The molecule has 0 saturated heterocycles. The predicted molar refractivity (Wildman–Crippen MR) is 25.2 cm³/mol. The van der Waals surface area contributed by atoms with Gasteiger partial charge in [-0.25, -0.2) is 0 Å². The van der Waals surface area contributed by atoms with Crippen LogP contribution in [0, 0.1) is 5.53 Å². The van der Waals surface area contributed by atoms with Gasteiger partial charge in [0.15, 0.2) is 0 Å². The Balaban J connectivity index is 2.92. The number of rotatable bonds is 3. The summed E-state index contributed by atoms with van der Waals surface area (Å²) >= 11 is 0. The van der Waals surface area contributed by atoms with E-state index in [1.165, 1.54) is 0 Å². The van der Waals surface area contributed by atoms with E-state index in [2.05, 4.69) is 15.6 Å².